The first-order chi connectivity index (χ1) is 28.9. The Morgan fingerprint density at radius 3 is 2.02 bits per heavy atom. The highest BCUT2D eigenvalue weighted by molar-refractivity contribution is 5.96. The number of amides is 5. The molecule has 16 nitrogen and oxygen atoms in total. The van der Waals surface area contributed by atoms with Gasteiger partial charge < -0.3 is 48.6 Å². The molecule has 0 aliphatic heterocycles. The van der Waals surface area contributed by atoms with Crippen molar-refractivity contribution in [3.05, 3.63) is 132 Å². The molecule has 60 heavy (non-hydrogen) atoms. The van der Waals surface area contributed by atoms with Crippen LogP contribution < -0.4 is 38.5 Å². The second kappa shape index (κ2) is 22.1. The highest BCUT2D eigenvalue weighted by atomic mass is 16.3. The maximum atomic E-state index is 14.5. The monoisotopic (exact) mass is 816 g/mol. The minimum absolute atomic E-state index is 0.0193. The largest absolute Gasteiger partial charge is 0.508 e. The van der Waals surface area contributed by atoms with E-state index in [1.807, 2.05) is 72.8 Å². The van der Waals surface area contributed by atoms with Crippen LogP contribution in [-0.4, -0.2) is 81.3 Å². The number of H-pyrrole nitrogens is 1. The zero-order chi connectivity index (χ0) is 42.9. The van der Waals surface area contributed by atoms with Crippen molar-refractivity contribution in [3.63, 3.8) is 0 Å². The van der Waals surface area contributed by atoms with E-state index >= 15 is 0 Å². The summed E-state index contributed by atoms with van der Waals surface area (Å²) in [6, 6.07) is 24.4. The third-order valence-electron chi connectivity index (χ3n) is 9.89. The number of guanidine groups is 1. The van der Waals surface area contributed by atoms with E-state index in [2.05, 4.69) is 36.2 Å². The number of nitrogens with zero attached hydrogens (tertiary/aromatic N) is 2. The number of hydrogen-bond acceptors (Lipinski definition) is 8. The molecular weight excluding hydrogens is 765 g/mol. The predicted molar refractivity (Wildman–Crippen MR) is 228 cm³/mol. The van der Waals surface area contributed by atoms with Gasteiger partial charge in [0.25, 0.3) is 0 Å². The van der Waals surface area contributed by atoms with E-state index in [-0.39, 0.29) is 62.7 Å². The van der Waals surface area contributed by atoms with Gasteiger partial charge in [0.2, 0.25) is 29.5 Å². The highest BCUT2D eigenvalue weighted by Gasteiger charge is 2.32. The molecule has 5 rings (SSSR count). The Morgan fingerprint density at radius 1 is 0.667 bits per heavy atom. The van der Waals surface area contributed by atoms with Gasteiger partial charge in [-0.15, -0.1) is 0 Å². The van der Waals surface area contributed by atoms with Crippen LogP contribution in [-0.2, 0) is 49.7 Å². The van der Waals surface area contributed by atoms with E-state index < -0.39 is 47.8 Å². The van der Waals surface area contributed by atoms with E-state index in [0.29, 0.717) is 24.1 Å². The number of aromatic hydroxyl groups is 1. The molecule has 0 radical (unpaired) electrons. The summed E-state index contributed by atoms with van der Waals surface area (Å²) in [4.78, 5) is 79.5. The lowest BCUT2D eigenvalue weighted by Crippen LogP contribution is -2.59. The summed E-state index contributed by atoms with van der Waals surface area (Å²) >= 11 is 0. The van der Waals surface area contributed by atoms with Crippen LogP contribution in [0.25, 0.3) is 10.8 Å². The number of hydrogen-bond donors (Lipinski definition) is 9. The van der Waals surface area contributed by atoms with Gasteiger partial charge >= 0.3 is 0 Å². The van der Waals surface area contributed by atoms with Gasteiger partial charge in [-0.3, -0.25) is 29.0 Å². The fourth-order valence-corrected chi connectivity index (χ4v) is 6.77. The van der Waals surface area contributed by atoms with Crippen molar-refractivity contribution in [1.29, 1.82) is 0 Å². The number of aromatic nitrogens is 2. The van der Waals surface area contributed by atoms with E-state index in [0.717, 1.165) is 21.9 Å². The molecule has 5 amide bonds. The molecule has 314 valence electrons. The molecule has 0 aliphatic carbocycles. The second-order valence-corrected chi connectivity index (χ2v) is 14.5. The molecule has 0 saturated heterocycles. The molecule has 0 unspecified atom stereocenters. The number of carbonyl (C=O) groups excluding carboxylic acids is 5. The van der Waals surface area contributed by atoms with Gasteiger partial charge in [-0.05, 0) is 65.3 Å². The Morgan fingerprint density at radius 2 is 1.32 bits per heavy atom. The van der Waals surface area contributed by atoms with E-state index in [9.17, 15) is 29.1 Å². The zero-order valence-corrected chi connectivity index (χ0v) is 33.2. The standard InChI is InChI=1S/C44H52N10O6/c45-40(57)36(23-29-18-20-33(55)21-19-29)53-41(58)35(16-8-22-49-44(46)47)52-42(59)37(24-31-14-7-13-30-12-4-5-15-34(30)31)54-43(60)38(25-32-26-48-27-50-32)51-39(56)17-6-11-28-9-2-1-3-10-28/h1-5,7,9-10,12-15,18-21,26-27,35-38,55H,6,8,11,16-17,22-25H2,(H2,45,57)(H,48,50)(H,51,56)(H,52,59)(H,53,58)(H,54,60)(H4,46,47,49)/t35-,36-,37+,38-/m0/s1. The maximum Gasteiger partial charge on any atom is 0.243 e. The third-order valence-corrected chi connectivity index (χ3v) is 9.89. The summed E-state index contributed by atoms with van der Waals surface area (Å²) in [5.74, 6) is -3.29. The number of primary amides is 1. The third kappa shape index (κ3) is 13.7. The molecule has 1 aromatic heterocycles. The summed E-state index contributed by atoms with van der Waals surface area (Å²) in [5, 5.41) is 22.7. The number of fused-ring (bicyclic) bond motifs is 1. The van der Waals surface area contributed by atoms with Gasteiger partial charge in [0, 0.05) is 44.1 Å². The van der Waals surface area contributed by atoms with Crippen LogP contribution in [0.3, 0.4) is 0 Å². The summed E-state index contributed by atoms with van der Waals surface area (Å²) in [7, 11) is 0. The second-order valence-electron chi connectivity index (χ2n) is 14.5. The summed E-state index contributed by atoms with van der Waals surface area (Å²) in [6.07, 6.45) is 4.83. The molecule has 4 atom stereocenters. The number of rotatable bonds is 22. The van der Waals surface area contributed by atoms with Crippen molar-refractivity contribution >= 4 is 46.3 Å². The van der Waals surface area contributed by atoms with E-state index in [1.165, 1.54) is 18.5 Å². The number of aliphatic imine (C=N–C) groups is 1. The number of phenols is 1. The fraction of sp³-hybridized carbons (Fsp3) is 0.295. The minimum Gasteiger partial charge on any atom is -0.508 e. The van der Waals surface area contributed by atoms with Crippen LogP contribution in [0.4, 0.5) is 0 Å². The van der Waals surface area contributed by atoms with Gasteiger partial charge in [0.05, 0.1) is 6.33 Å². The molecule has 16 heteroatoms. The Hall–Kier alpha value is -7.23. The first-order valence-corrected chi connectivity index (χ1v) is 19.8. The SMILES string of the molecule is NC(=O)[C@H](Cc1ccc(O)cc1)NC(=O)[C@H](CCCN=C(N)N)NC(=O)[C@@H](Cc1cccc2ccccc12)NC(=O)[C@H](Cc1cnc[nH]1)NC(=O)CCCc1ccccc1. The highest BCUT2D eigenvalue weighted by Crippen LogP contribution is 2.20. The average Bonchev–Trinajstić information content (AvgIpc) is 3.75. The Labute approximate surface area is 347 Å². The number of carbonyl (C=O) groups is 5. The van der Waals surface area contributed by atoms with Crippen LogP contribution in [0.2, 0.25) is 0 Å². The smallest absolute Gasteiger partial charge is 0.243 e. The van der Waals surface area contributed by atoms with Crippen molar-refractivity contribution in [1.82, 2.24) is 31.2 Å². The van der Waals surface area contributed by atoms with Crippen molar-refractivity contribution in [2.24, 2.45) is 22.2 Å². The lowest BCUT2D eigenvalue weighted by Gasteiger charge is -2.26. The molecule has 0 bridgehead atoms. The van der Waals surface area contributed by atoms with Crippen LogP contribution in [0.5, 0.6) is 5.75 Å². The number of imidazole rings is 1. The molecule has 0 aliphatic rings. The first-order valence-electron chi connectivity index (χ1n) is 19.8. The predicted octanol–water partition coefficient (Wildman–Crippen LogP) is 1.80. The number of aryl methyl sites for hydroxylation is 1. The summed E-state index contributed by atoms with van der Waals surface area (Å²) < 4.78 is 0. The van der Waals surface area contributed by atoms with Crippen LogP contribution in [0.15, 0.2) is 115 Å². The zero-order valence-electron chi connectivity index (χ0n) is 33.2. The van der Waals surface area contributed by atoms with Crippen LogP contribution in [0, 0.1) is 0 Å². The fourth-order valence-electron chi connectivity index (χ4n) is 6.77. The van der Waals surface area contributed by atoms with Gasteiger partial charge in [0.1, 0.15) is 29.9 Å². The summed E-state index contributed by atoms with van der Waals surface area (Å²) in [5.41, 5.74) is 19.8. The lowest BCUT2D eigenvalue weighted by atomic mass is 9.97. The Balaban J connectivity index is 1.39. The van der Waals surface area contributed by atoms with Crippen molar-refractivity contribution in [2.75, 3.05) is 6.54 Å². The number of nitrogens with one attached hydrogen (secondary N) is 5. The van der Waals surface area contributed by atoms with Crippen molar-refractivity contribution < 1.29 is 29.1 Å². The number of benzene rings is 4. The van der Waals surface area contributed by atoms with E-state index in [1.54, 1.807) is 18.3 Å². The van der Waals surface area contributed by atoms with E-state index in [4.69, 9.17) is 17.2 Å². The number of aromatic amines is 1. The first kappa shape index (κ1) is 43.9. The molecule has 4 aromatic carbocycles. The topological polar surface area (TPSA) is 273 Å². The van der Waals surface area contributed by atoms with Gasteiger partial charge in [-0.25, -0.2) is 4.98 Å². The maximum absolute atomic E-state index is 14.5. The quantitative estimate of drug-likeness (QED) is 0.0280. The number of nitrogens with two attached hydrogens (primary N) is 3. The molecular formula is C44H52N10O6. The Kier molecular flexibility index (Phi) is 16.1. The normalized spacial score (nSPS) is 12.9. The minimum atomic E-state index is -1.24. The molecule has 0 saturated carbocycles. The van der Waals surface area contributed by atoms with Crippen LogP contribution >= 0.6 is 0 Å². The lowest BCUT2D eigenvalue weighted by molar-refractivity contribution is -0.134. The molecule has 0 spiro atoms. The van der Waals surface area contributed by atoms with Gasteiger partial charge in [0.15, 0.2) is 5.96 Å². The number of phenolic OH excluding ortho intramolecular Hbond substituents is 1. The molecule has 0 fully saturated rings. The molecule has 12 N–H and O–H groups in total. The Bertz CT molecular complexity index is 2220. The average molecular weight is 817 g/mol. The van der Waals surface area contributed by atoms with Gasteiger partial charge in [-0.1, -0.05) is 84.9 Å². The molecule has 5 aromatic rings. The van der Waals surface area contributed by atoms with Gasteiger partial charge in [-0.2, -0.15) is 0 Å². The van der Waals surface area contributed by atoms with Crippen molar-refractivity contribution in [3.8, 4) is 5.75 Å². The molecule has 1 heterocycles. The van der Waals surface area contributed by atoms with Crippen molar-refractivity contribution in [2.45, 2.75) is 75.5 Å². The van der Waals surface area contributed by atoms with Crippen LogP contribution in [0.1, 0.15) is 48.1 Å². The summed E-state index contributed by atoms with van der Waals surface area (Å²) in [6.45, 7) is 0.144.